The van der Waals surface area contributed by atoms with Crippen LogP contribution in [0.2, 0.25) is 5.02 Å². The van der Waals surface area contributed by atoms with Crippen LogP contribution in [-0.4, -0.2) is 49.6 Å². The maximum absolute atomic E-state index is 13.0. The van der Waals surface area contributed by atoms with Gasteiger partial charge in [0.1, 0.15) is 11.9 Å². The van der Waals surface area contributed by atoms with E-state index in [1.54, 1.807) is 12.1 Å². The molecule has 0 aliphatic carbocycles. The molecule has 1 unspecified atom stereocenters. The molecule has 0 bridgehead atoms. The molecule has 0 radical (unpaired) electrons. The minimum absolute atomic E-state index is 0.207. The van der Waals surface area contributed by atoms with E-state index in [1.165, 1.54) is 6.07 Å². The number of hydrogen-bond donors (Lipinski definition) is 0. The molecular weight excluding hydrogens is 389 g/mol. The zero-order valence-electron chi connectivity index (χ0n) is 15.8. The SMILES string of the molecule is CN1CCN(CCC(Oc2cccc(C(F)(F)F)c2)c2cccc(Cl)c2)CC1. The van der Waals surface area contributed by atoms with Gasteiger partial charge in [-0.3, -0.25) is 0 Å². The van der Waals surface area contributed by atoms with Crippen LogP contribution >= 0.6 is 11.6 Å². The molecule has 7 heteroatoms. The Morgan fingerprint density at radius 3 is 2.43 bits per heavy atom. The van der Waals surface area contributed by atoms with Crippen molar-refractivity contribution in [2.24, 2.45) is 0 Å². The molecule has 2 aromatic rings. The van der Waals surface area contributed by atoms with Crippen LogP contribution in [-0.2, 0) is 6.18 Å². The largest absolute Gasteiger partial charge is 0.486 e. The first kappa shape index (κ1) is 21.0. The zero-order valence-corrected chi connectivity index (χ0v) is 16.5. The molecule has 1 aliphatic rings. The molecular formula is C21H24ClF3N2O. The average Bonchev–Trinajstić information content (AvgIpc) is 2.66. The fraction of sp³-hybridized carbons (Fsp3) is 0.429. The number of nitrogens with zero attached hydrogens (tertiary/aromatic N) is 2. The number of hydrogen-bond acceptors (Lipinski definition) is 3. The van der Waals surface area contributed by atoms with E-state index in [9.17, 15) is 13.2 Å². The van der Waals surface area contributed by atoms with Gasteiger partial charge in [-0.1, -0.05) is 29.8 Å². The first-order valence-corrected chi connectivity index (χ1v) is 9.69. The summed E-state index contributed by atoms with van der Waals surface area (Å²) in [5, 5.41) is 0.578. The maximum atomic E-state index is 13.0. The minimum atomic E-state index is -4.40. The minimum Gasteiger partial charge on any atom is -0.486 e. The zero-order chi connectivity index (χ0) is 20.1. The summed E-state index contributed by atoms with van der Waals surface area (Å²) in [6.45, 7) is 4.78. The third kappa shape index (κ3) is 5.87. The molecule has 0 spiro atoms. The van der Waals surface area contributed by atoms with Crippen LogP contribution in [0.3, 0.4) is 0 Å². The smallest absolute Gasteiger partial charge is 0.416 e. The van der Waals surface area contributed by atoms with E-state index in [0.717, 1.165) is 50.4 Å². The highest BCUT2D eigenvalue weighted by molar-refractivity contribution is 6.30. The van der Waals surface area contributed by atoms with E-state index < -0.39 is 11.7 Å². The molecule has 28 heavy (non-hydrogen) atoms. The number of piperazine rings is 1. The summed E-state index contributed by atoms with van der Waals surface area (Å²) in [4.78, 5) is 4.64. The maximum Gasteiger partial charge on any atom is 0.416 e. The van der Waals surface area contributed by atoms with Crippen molar-refractivity contribution in [2.45, 2.75) is 18.7 Å². The molecule has 0 amide bonds. The van der Waals surface area contributed by atoms with Crippen molar-refractivity contribution >= 4 is 11.6 Å². The summed E-state index contributed by atoms with van der Waals surface area (Å²) < 4.78 is 45.1. The Morgan fingerprint density at radius 1 is 1.04 bits per heavy atom. The van der Waals surface area contributed by atoms with Gasteiger partial charge in [-0.25, -0.2) is 0 Å². The van der Waals surface area contributed by atoms with Gasteiger partial charge in [-0.2, -0.15) is 13.2 Å². The highest BCUT2D eigenvalue weighted by Crippen LogP contribution is 2.33. The first-order valence-electron chi connectivity index (χ1n) is 9.31. The lowest BCUT2D eigenvalue weighted by atomic mass is 10.1. The number of rotatable bonds is 6. The van der Waals surface area contributed by atoms with Crippen molar-refractivity contribution in [3.8, 4) is 5.75 Å². The second kappa shape index (κ2) is 9.16. The van der Waals surface area contributed by atoms with Crippen LogP contribution in [0.15, 0.2) is 48.5 Å². The molecule has 1 saturated heterocycles. The third-order valence-corrected chi connectivity index (χ3v) is 5.20. The van der Waals surface area contributed by atoms with Crippen LogP contribution in [0.1, 0.15) is 23.7 Å². The normalized spacial score (nSPS) is 17.5. The van der Waals surface area contributed by atoms with Gasteiger partial charge in [0.15, 0.2) is 0 Å². The molecule has 0 aromatic heterocycles. The van der Waals surface area contributed by atoms with Crippen molar-refractivity contribution in [3.05, 3.63) is 64.7 Å². The van der Waals surface area contributed by atoms with Crippen LogP contribution in [0.25, 0.3) is 0 Å². The quantitative estimate of drug-likeness (QED) is 0.655. The first-order chi connectivity index (χ1) is 13.3. The molecule has 0 saturated carbocycles. The Hall–Kier alpha value is -1.76. The Balaban J connectivity index is 1.75. The van der Waals surface area contributed by atoms with Gasteiger partial charge < -0.3 is 14.5 Å². The van der Waals surface area contributed by atoms with Gasteiger partial charge in [-0.15, -0.1) is 0 Å². The Labute approximate surface area is 168 Å². The topological polar surface area (TPSA) is 15.7 Å². The third-order valence-electron chi connectivity index (χ3n) is 4.96. The van der Waals surface area contributed by atoms with E-state index >= 15 is 0 Å². The number of alkyl halides is 3. The summed E-state index contributed by atoms with van der Waals surface area (Å²) in [5.41, 5.74) is 0.146. The van der Waals surface area contributed by atoms with Crippen LogP contribution < -0.4 is 4.74 Å². The van der Waals surface area contributed by atoms with Crippen LogP contribution in [0.4, 0.5) is 13.2 Å². The highest BCUT2D eigenvalue weighted by Gasteiger charge is 2.31. The fourth-order valence-corrected chi connectivity index (χ4v) is 3.48. The Morgan fingerprint density at radius 2 is 1.75 bits per heavy atom. The summed E-state index contributed by atoms with van der Waals surface area (Å²) in [7, 11) is 2.10. The number of likely N-dealkylation sites (N-methyl/N-ethyl adjacent to an activating group) is 1. The molecule has 1 heterocycles. The van der Waals surface area contributed by atoms with Gasteiger partial charge in [0.25, 0.3) is 0 Å². The van der Waals surface area contributed by atoms with Gasteiger partial charge in [-0.05, 0) is 42.9 Å². The molecule has 152 valence electrons. The summed E-state index contributed by atoms with van der Waals surface area (Å²) in [5.74, 6) is 0.207. The molecule has 1 fully saturated rings. The number of ether oxygens (including phenoxy) is 1. The predicted octanol–water partition coefficient (Wildman–Crippen LogP) is 5.12. The molecule has 2 aromatic carbocycles. The van der Waals surface area contributed by atoms with Crippen LogP contribution in [0, 0.1) is 0 Å². The second-order valence-electron chi connectivity index (χ2n) is 7.12. The molecule has 3 rings (SSSR count). The molecule has 3 nitrogen and oxygen atoms in total. The number of benzene rings is 2. The monoisotopic (exact) mass is 412 g/mol. The summed E-state index contributed by atoms with van der Waals surface area (Å²) in [6.07, 6.45) is -4.10. The number of halogens is 4. The van der Waals surface area contributed by atoms with Crippen LogP contribution in [0.5, 0.6) is 5.75 Å². The Kier molecular flexibility index (Phi) is 6.86. The Bertz CT molecular complexity index is 776. The van der Waals surface area contributed by atoms with Gasteiger partial charge in [0.05, 0.1) is 5.56 Å². The van der Waals surface area contributed by atoms with E-state index in [4.69, 9.17) is 16.3 Å². The lowest BCUT2D eigenvalue weighted by Gasteiger charge is -2.33. The molecule has 1 atom stereocenters. The van der Waals surface area contributed by atoms with E-state index in [-0.39, 0.29) is 11.9 Å². The van der Waals surface area contributed by atoms with Crippen molar-refractivity contribution in [1.82, 2.24) is 9.80 Å². The summed E-state index contributed by atoms with van der Waals surface area (Å²) >= 11 is 6.12. The lowest BCUT2D eigenvalue weighted by Crippen LogP contribution is -2.45. The standard InChI is InChI=1S/C21H24ClF3N2O/c1-26-10-12-27(13-11-26)9-8-20(16-4-2-6-18(22)14-16)28-19-7-3-5-17(15-19)21(23,24)25/h2-7,14-15,20H,8-13H2,1H3. The van der Waals surface area contributed by atoms with E-state index in [1.807, 2.05) is 18.2 Å². The van der Waals surface area contributed by atoms with Crippen molar-refractivity contribution in [1.29, 1.82) is 0 Å². The van der Waals surface area contributed by atoms with Gasteiger partial charge >= 0.3 is 6.18 Å². The van der Waals surface area contributed by atoms with Gasteiger partial charge in [0.2, 0.25) is 0 Å². The van der Waals surface area contributed by atoms with Crippen molar-refractivity contribution in [2.75, 3.05) is 39.8 Å². The average molecular weight is 413 g/mol. The highest BCUT2D eigenvalue weighted by atomic mass is 35.5. The second-order valence-corrected chi connectivity index (χ2v) is 7.56. The molecule has 0 N–H and O–H groups in total. The van der Waals surface area contributed by atoms with E-state index in [0.29, 0.717) is 11.4 Å². The van der Waals surface area contributed by atoms with E-state index in [2.05, 4.69) is 16.8 Å². The fourth-order valence-electron chi connectivity index (χ4n) is 3.28. The van der Waals surface area contributed by atoms with Gasteiger partial charge in [0, 0.05) is 44.2 Å². The summed E-state index contributed by atoms with van der Waals surface area (Å²) in [6, 6.07) is 12.3. The lowest BCUT2D eigenvalue weighted by molar-refractivity contribution is -0.137. The predicted molar refractivity (Wildman–Crippen MR) is 105 cm³/mol. The van der Waals surface area contributed by atoms with Crippen molar-refractivity contribution in [3.63, 3.8) is 0 Å². The molecule has 1 aliphatic heterocycles. The van der Waals surface area contributed by atoms with Crippen molar-refractivity contribution < 1.29 is 17.9 Å².